The van der Waals surface area contributed by atoms with Crippen molar-refractivity contribution in [2.24, 2.45) is 0 Å². The van der Waals surface area contributed by atoms with Crippen LogP contribution < -0.4 is 9.80 Å². The van der Waals surface area contributed by atoms with E-state index in [9.17, 15) is 4.79 Å². The van der Waals surface area contributed by atoms with Crippen LogP contribution in [0, 0.1) is 0 Å². The zero-order chi connectivity index (χ0) is 22.2. The van der Waals surface area contributed by atoms with E-state index in [1.165, 1.54) is 22.5 Å². The number of nitrogens with zero attached hydrogens (tertiary/aromatic N) is 2. The number of rotatable bonds is 2. The van der Waals surface area contributed by atoms with E-state index in [0.717, 1.165) is 5.56 Å². The highest BCUT2D eigenvalue weighted by atomic mass is 16.6. The zero-order valence-corrected chi connectivity index (χ0v) is 18.9. The second-order valence-corrected chi connectivity index (χ2v) is 9.50. The molecule has 32 heavy (non-hydrogen) atoms. The number of benzene rings is 3. The van der Waals surface area contributed by atoms with Crippen molar-refractivity contribution in [2.45, 2.75) is 43.4 Å². The first-order valence-corrected chi connectivity index (χ1v) is 11.4. The van der Waals surface area contributed by atoms with Crippen LogP contribution >= 0.6 is 0 Å². The van der Waals surface area contributed by atoms with E-state index < -0.39 is 5.60 Å². The Morgan fingerprint density at radius 3 is 1.75 bits per heavy atom. The van der Waals surface area contributed by atoms with Crippen LogP contribution in [-0.4, -0.2) is 32.1 Å². The molecule has 0 aliphatic carbocycles. The fourth-order valence-electron chi connectivity index (χ4n) is 6.65. The molecule has 4 heteroatoms. The molecule has 4 unspecified atom stereocenters. The maximum atomic E-state index is 13.3. The van der Waals surface area contributed by atoms with Gasteiger partial charge in [0.1, 0.15) is 0 Å². The molecule has 162 valence electrons. The fraction of sp³-hybridized carbons (Fsp3) is 0.321. The quantitative estimate of drug-likeness (QED) is 0.523. The van der Waals surface area contributed by atoms with E-state index in [0.29, 0.717) is 5.56 Å². The fourth-order valence-corrected chi connectivity index (χ4v) is 6.65. The molecule has 0 radical (unpaired) electrons. The smallest absolute Gasteiger partial charge is 0.339 e. The monoisotopic (exact) mass is 424 g/mol. The molecule has 0 saturated carbocycles. The Morgan fingerprint density at radius 1 is 0.719 bits per heavy atom. The summed E-state index contributed by atoms with van der Waals surface area (Å²) in [7, 11) is 4.30. The van der Waals surface area contributed by atoms with Crippen molar-refractivity contribution in [3.8, 4) is 0 Å². The second-order valence-electron chi connectivity index (χ2n) is 9.50. The molecule has 0 fully saturated rings. The van der Waals surface area contributed by atoms with Gasteiger partial charge in [-0.15, -0.1) is 0 Å². The first-order valence-electron chi connectivity index (χ1n) is 11.4. The summed E-state index contributed by atoms with van der Waals surface area (Å²) in [6.45, 7) is 4.52. The number of para-hydroxylation sites is 2. The van der Waals surface area contributed by atoms with E-state index in [4.69, 9.17) is 4.74 Å². The summed E-state index contributed by atoms with van der Waals surface area (Å²) in [5, 5.41) is 0. The van der Waals surface area contributed by atoms with Crippen LogP contribution in [0.1, 0.15) is 52.7 Å². The molecule has 4 nitrogen and oxygen atoms in total. The van der Waals surface area contributed by atoms with Crippen molar-refractivity contribution in [3.63, 3.8) is 0 Å². The van der Waals surface area contributed by atoms with Gasteiger partial charge in [0.15, 0.2) is 5.60 Å². The summed E-state index contributed by atoms with van der Waals surface area (Å²) in [6, 6.07) is 25.5. The highest BCUT2D eigenvalue weighted by molar-refractivity contribution is 5.95. The minimum absolute atomic E-state index is 0.0170. The van der Waals surface area contributed by atoms with Gasteiger partial charge in [0, 0.05) is 43.1 Å². The molecule has 0 aromatic heterocycles. The minimum atomic E-state index is -0.783. The van der Waals surface area contributed by atoms with Crippen LogP contribution in [0.25, 0.3) is 0 Å². The number of ether oxygens (including phenoxy) is 1. The SMILES string of the molecule is CC1C(C2(C3c4ccccc4N(C)C3C)OC(=O)c3ccccc32)c2ccccc2N1C. The number of hydrogen-bond donors (Lipinski definition) is 0. The van der Waals surface area contributed by atoms with Crippen LogP contribution in [0.3, 0.4) is 0 Å². The maximum Gasteiger partial charge on any atom is 0.339 e. The lowest BCUT2D eigenvalue weighted by atomic mass is 9.65. The van der Waals surface area contributed by atoms with Gasteiger partial charge in [0.2, 0.25) is 0 Å². The van der Waals surface area contributed by atoms with Gasteiger partial charge in [-0.25, -0.2) is 4.79 Å². The average molecular weight is 425 g/mol. The number of likely N-dealkylation sites (N-methyl/N-ethyl adjacent to an activating group) is 2. The topological polar surface area (TPSA) is 32.8 Å². The molecule has 3 aromatic rings. The highest BCUT2D eigenvalue weighted by Gasteiger charge is 2.63. The maximum absolute atomic E-state index is 13.3. The number of fused-ring (bicyclic) bond motifs is 3. The standard InChI is InChI=1S/C28H28N2O2/c1-17-25(20-12-6-9-15-23(20)29(17)3)28(22-14-8-5-11-19(22)27(31)32-28)26-18(2)30(4)24-16-10-7-13-21(24)26/h5-18,25-26H,1-4H3. The van der Waals surface area contributed by atoms with Crippen molar-refractivity contribution >= 4 is 17.3 Å². The number of carbonyl (C=O) groups is 1. The van der Waals surface area contributed by atoms with Crippen LogP contribution in [0.4, 0.5) is 11.4 Å². The Hall–Kier alpha value is -3.27. The summed E-state index contributed by atoms with van der Waals surface area (Å²) in [5.41, 5.74) is 5.89. The zero-order valence-electron chi connectivity index (χ0n) is 18.9. The number of carbonyl (C=O) groups excluding carboxylic acids is 1. The Bertz CT molecular complexity index is 1170. The third kappa shape index (κ3) is 2.25. The van der Waals surface area contributed by atoms with Gasteiger partial charge in [0.05, 0.1) is 17.4 Å². The Labute approximate surface area is 189 Å². The largest absolute Gasteiger partial charge is 0.449 e. The first-order chi connectivity index (χ1) is 15.5. The molecule has 3 heterocycles. The van der Waals surface area contributed by atoms with Gasteiger partial charge in [-0.1, -0.05) is 54.6 Å². The first kappa shape index (κ1) is 19.4. The molecular formula is C28H28N2O2. The molecular weight excluding hydrogens is 396 g/mol. The van der Waals surface area contributed by atoms with E-state index >= 15 is 0 Å². The molecule has 3 aromatic carbocycles. The number of esters is 1. The van der Waals surface area contributed by atoms with Gasteiger partial charge in [-0.2, -0.15) is 0 Å². The van der Waals surface area contributed by atoms with Crippen molar-refractivity contribution in [2.75, 3.05) is 23.9 Å². The highest BCUT2D eigenvalue weighted by Crippen LogP contribution is 2.63. The number of hydrogen-bond acceptors (Lipinski definition) is 4. The molecule has 0 spiro atoms. The van der Waals surface area contributed by atoms with Gasteiger partial charge in [-0.3, -0.25) is 0 Å². The van der Waals surface area contributed by atoms with Crippen molar-refractivity contribution in [3.05, 3.63) is 95.1 Å². The van der Waals surface area contributed by atoms with Crippen molar-refractivity contribution in [1.82, 2.24) is 0 Å². The average Bonchev–Trinajstić information content (AvgIpc) is 3.36. The summed E-state index contributed by atoms with van der Waals surface area (Å²) in [4.78, 5) is 18.0. The van der Waals surface area contributed by atoms with Crippen LogP contribution in [0.2, 0.25) is 0 Å². The predicted octanol–water partition coefficient (Wildman–Crippen LogP) is 5.30. The lowest BCUT2D eigenvalue weighted by molar-refractivity contribution is -0.0454. The third-order valence-corrected chi connectivity index (χ3v) is 8.24. The summed E-state index contributed by atoms with van der Waals surface area (Å²) < 4.78 is 6.65. The van der Waals surface area contributed by atoms with E-state index in [1.807, 2.05) is 18.2 Å². The molecule has 3 aliphatic rings. The Balaban J connectivity index is 1.68. The van der Waals surface area contributed by atoms with Crippen LogP contribution in [0.15, 0.2) is 72.8 Å². The molecule has 0 saturated heterocycles. The van der Waals surface area contributed by atoms with Crippen LogP contribution in [0.5, 0.6) is 0 Å². The van der Waals surface area contributed by atoms with Crippen molar-refractivity contribution in [1.29, 1.82) is 0 Å². The molecule has 0 N–H and O–H groups in total. The molecule has 4 atom stereocenters. The lowest BCUT2D eigenvalue weighted by Gasteiger charge is -2.44. The third-order valence-electron chi connectivity index (χ3n) is 8.24. The van der Waals surface area contributed by atoms with Crippen LogP contribution in [-0.2, 0) is 10.3 Å². The number of anilines is 2. The minimum Gasteiger partial charge on any atom is -0.449 e. The molecule has 0 bridgehead atoms. The predicted molar refractivity (Wildman–Crippen MR) is 128 cm³/mol. The van der Waals surface area contributed by atoms with Gasteiger partial charge < -0.3 is 14.5 Å². The summed E-state index contributed by atoms with van der Waals surface area (Å²) >= 11 is 0. The van der Waals surface area contributed by atoms with E-state index in [1.54, 1.807) is 0 Å². The number of cyclic esters (lactones) is 1. The normalized spacial score (nSPS) is 30.2. The van der Waals surface area contributed by atoms with Crippen molar-refractivity contribution < 1.29 is 9.53 Å². The Morgan fingerprint density at radius 2 is 1.19 bits per heavy atom. The molecule has 6 rings (SSSR count). The second kappa shape index (κ2) is 6.61. The lowest BCUT2D eigenvalue weighted by Crippen LogP contribution is -2.49. The summed E-state index contributed by atoms with van der Waals surface area (Å²) in [5.74, 6) is -0.175. The molecule has 0 amide bonds. The van der Waals surface area contributed by atoms with Gasteiger partial charge in [-0.05, 0) is 43.2 Å². The van der Waals surface area contributed by atoms with Gasteiger partial charge >= 0.3 is 5.97 Å². The summed E-state index contributed by atoms with van der Waals surface area (Å²) in [6.07, 6.45) is 0. The molecule has 3 aliphatic heterocycles. The Kier molecular flexibility index (Phi) is 4.01. The van der Waals surface area contributed by atoms with Gasteiger partial charge in [0.25, 0.3) is 0 Å². The van der Waals surface area contributed by atoms with E-state index in [-0.39, 0.29) is 29.9 Å². The van der Waals surface area contributed by atoms with E-state index in [2.05, 4.69) is 92.3 Å².